The summed E-state index contributed by atoms with van der Waals surface area (Å²) in [5, 5.41) is 0. The Morgan fingerprint density at radius 2 is 2.14 bits per heavy atom. The van der Waals surface area contributed by atoms with Crippen LogP contribution in [0.2, 0.25) is 0 Å². The Labute approximate surface area is 85.6 Å². The van der Waals surface area contributed by atoms with Crippen molar-refractivity contribution in [2.24, 2.45) is 17.4 Å². The van der Waals surface area contributed by atoms with Crippen LogP contribution in [-0.4, -0.2) is 30.6 Å². The third-order valence-corrected chi connectivity index (χ3v) is 2.98. The van der Waals surface area contributed by atoms with Crippen molar-refractivity contribution in [1.82, 2.24) is 4.90 Å². The number of nitrogens with two attached hydrogens (primary N) is 2. The summed E-state index contributed by atoms with van der Waals surface area (Å²) in [7, 11) is 0. The highest BCUT2D eigenvalue weighted by atomic mass is 16.2. The molecule has 1 rings (SSSR count). The molecule has 1 aliphatic heterocycles. The fraction of sp³-hybridized carbons (Fsp3) is 0.900. The summed E-state index contributed by atoms with van der Waals surface area (Å²) in [4.78, 5) is 12.7. The van der Waals surface area contributed by atoms with Crippen LogP contribution >= 0.6 is 0 Å². The molecule has 0 aliphatic carbocycles. The molecule has 14 heavy (non-hydrogen) atoms. The summed E-state index contributed by atoms with van der Waals surface area (Å²) >= 11 is 0. The Balaban J connectivity index is 2.29. The van der Waals surface area contributed by atoms with Gasteiger partial charge in [0.15, 0.2) is 0 Å². The SMILES string of the molecule is NCCCC1CCCN(C(N)=O)CC1. The molecule has 1 saturated heterocycles. The fourth-order valence-electron chi connectivity index (χ4n) is 2.08. The molecule has 0 aromatic rings. The number of nitrogens with zero attached hydrogens (tertiary/aromatic N) is 1. The van der Waals surface area contributed by atoms with Gasteiger partial charge in [-0.05, 0) is 44.6 Å². The Morgan fingerprint density at radius 1 is 1.36 bits per heavy atom. The smallest absolute Gasteiger partial charge is 0.314 e. The lowest BCUT2D eigenvalue weighted by atomic mass is 9.95. The number of hydrogen-bond donors (Lipinski definition) is 2. The van der Waals surface area contributed by atoms with E-state index >= 15 is 0 Å². The van der Waals surface area contributed by atoms with Crippen LogP contribution in [0.4, 0.5) is 4.79 Å². The molecule has 1 aliphatic rings. The van der Waals surface area contributed by atoms with Crippen molar-refractivity contribution in [2.75, 3.05) is 19.6 Å². The van der Waals surface area contributed by atoms with E-state index in [-0.39, 0.29) is 6.03 Å². The third kappa shape index (κ3) is 3.54. The van der Waals surface area contributed by atoms with Crippen molar-refractivity contribution in [1.29, 1.82) is 0 Å². The highest BCUT2D eigenvalue weighted by Crippen LogP contribution is 2.21. The molecule has 82 valence electrons. The zero-order valence-corrected chi connectivity index (χ0v) is 8.74. The monoisotopic (exact) mass is 199 g/mol. The molecule has 0 bridgehead atoms. The predicted molar refractivity (Wildman–Crippen MR) is 56.8 cm³/mol. The summed E-state index contributed by atoms with van der Waals surface area (Å²) in [5.74, 6) is 0.739. The summed E-state index contributed by atoms with van der Waals surface area (Å²) in [6.45, 7) is 2.43. The predicted octanol–water partition coefficient (Wildman–Crippen LogP) is 0.906. The van der Waals surface area contributed by atoms with E-state index in [2.05, 4.69) is 0 Å². The quantitative estimate of drug-likeness (QED) is 0.709. The number of hydrogen-bond acceptors (Lipinski definition) is 2. The zero-order valence-electron chi connectivity index (χ0n) is 8.74. The molecular weight excluding hydrogens is 178 g/mol. The number of rotatable bonds is 3. The second-order valence-corrected chi connectivity index (χ2v) is 4.05. The Bertz CT molecular complexity index is 184. The van der Waals surface area contributed by atoms with Crippen molar-refractivity contribution in [3.05, 3.63) is 0 Å². The molecule has 0 spiro atoms. The normalized spacial score (nSPS) is 23.2. The van der Waals surface area contributed by atoms with Crippen molar-refractivity contribution >= 4 is 6.03 Å². The molecule has 1 heterocycles. The zero-order chi connectivity index (χ0) is 10.4. The second-order valence-electron chi connectivity index (χ2n) is 4.05. The molecule has 4 N–H and O–H groups in total. The number of likely N-dealkylation sites (tertiary alicyclic amines) is 1. The first-order valence-electron chi connectivity index (χ1n) is 5.48. The Kier molecular flexibility index (Phi) is 4.73. The molecule has 0 radical (unpaired) electrons. The van der Waals surface area contributed by atoms with Gasteiger partial charge < -0.3 is 16.4 Å². The van der Waals surface area contributed by atoms with Crippen LogP contribution in [0, 0.1) is 5.92 Å². The second kappa shape index (κ2) is 5.86. The summed E-state index contributed by atoms with van der Waals surface area (Å²) in [6.07, 6.45) is 5.68. The molecule has 4 heteroatoms. The van der Waals surface area contributed by atoms with Crippen molar-refractivity contribution in [3.8, 4) is 0 Å². The molecule has 1 unspecified atom stereocenters. The average molecular weight is 199 g/mol. The van der Waals surface area contributed by atoms with E-state index in [1.54, 1.807) is 4.90 Å². The van der Waals surface area contributed by atoms with Gasteiger partial charge >= 0.3 is 6.03 Å². The highest BCUT2D eigenvalue weighted by molar-refractivity contribution is 5.71. The molecule has 4 nitrogen and oxygen atoms in total. The van der Waals surface area contributed by atoms with Gasteiger partial charge in [-0.1, -0.05) is 0 Å². The van der Waals surface area contributed by atoms with Crippen molar-refractivity contribution < 1.29 is 4.79 Å². The molecular formula is C10H21N3O. The number of urea groups is 1. The van der Waals surface area contributed by atoms with Gasteiger partial charge in [0, 0.05) is 13.1 Å². The van der Waals surface area contributed by atoms with Crippen LogP contribution in [0.25, 0.3) is 0 Å². The van der Waals surface area contributed by atoms with Crippen LogP contribution in [0.5, 0.6) is 0 Å². The van der Waals surface area contributed by atoms with E-state index in [4.69, 9.17) is 11.5 Å². The molecule has 1 fully saturated rings. The maximum Gasteiger partial charge on any atom is 0.314 e. The van der Waals surface area contributed by atoms with E-state index in [0.717, 1.165) is 44.8 Å². The van der Waals surface area contributed by atoms with Gasteiger partial charge in [-0.25, -0.2) is 4.79 Å². The van der Waals surface area contributed by atoms with Gasteiger partial charge in [-0.15, -0.1) is 0 Å². The van der Waals surface area contributed by atoms with Gasteiger partial charge in [-0.3, -0.25) is 0 Å². The maximum atomic E-state index is 11.0. The highest BCUT2D eigenvalue weighted by Gasteiger charge is 2.18. The van der Waals surface area contributed by atoms with E-state index in [1.165, 1.54) is 12.8 Å². The molecule has 2 amide bonds. The van der Waals surface area contributed by atoms with Crippen molar-refractivity contribution in [3.63, 3.8) is 0 Å². The van der Waals surface area contributed by atoms with Crippen LogP contribution < -0.4 is 11.5 Å². The summed E-state index contributed by atoms with van der Waals surface area (Å²) in [5.41, 5.74) is 10.7. The van der Waals surface area contributed by atoms with Crippen LogP contribution in [0.1, 0.15) is 32.1 Å². The number of carbonyl (C=O) groups excluding carboxylic acids is 1. The van der Waals surface area contributed by atoms with Gasteiger partial charge in [0.2, 0.25) is 0 Å². The first-order chi connectivity index (χ1) is 6.74. The fourth-order valence-corrected chi connectivity index (χ4v) is 2.08. The number of primary amides is 1. The van der Waals surface area contributed by atoms with Crippen LogP contribution in [0.3, 0.4) is 0 Å². The first kappa shape index (κ1) is 11.3. The topological polar surface area (TPSA) is 72.3 Å². The largest absolute Gasteiger partial charge is 0.351 e. The van der Waals surface area contributed by atoms with E-state index in [1.807, 2.05) is 0 Å². The van der Waals surface area contributed by atoms with E-state index in [9.17, 15) is 4.79 Å². The maximum absolute atomic E-state index is 11.0. The Morgan fingerprint density at radius 3 is 2.79 bits per heavy atom. The summed E-state index contributed by atoms with van der Waals surface area (Å²) < 4.78 is 0. The lowest BCUT2D eigenvalue weighted by molar-refractivity contribution is 0.209. The summed E-state index contributed by atoms with van der Waals surface area (Å²) in [6, 6.07) is -0.274. The van der Waals surface area contributed by atoms with E-state index < -0.39 is 0 Å². The third-order valence-electron chi connectivity index (χ3n) is 2.98. The van der Waals surface area contributed by atoms with Gasteiger partial charge in [0.1, 0.15) is 0 Å². The molecule has 0 aromatic carbocycles. The molecule has 0 saturated carbocycles. The minimum absolute atomic E-state index is 0.274. The lowest BCUT2D eigenvalue weighted by Crippen LogP contribution is -2.36. The average Bonchev–Trinajstić information content (AvgIpc) is 2.39. The first-order valence-corrected chi connectivity index (χ1v) is 5.48. The van der Waals surface area contributed by atoms with E-state index in [0.29, 0.717) is 0 Å². The number of carbonyl (C=O) groups is 1. The molecule has 1 atom stereocenters. The standard InChI is InChI=1S/C10H21N3O/c11-6-1-3-9-4-2-7-13(8-5-9)10(12)14/h9H,1-8,11H2,(H2,12,14). The van der Waals surface area contributed by atoms with Gasteiger partial charge in [-0.2, -0.15) is 0 Å². The molecule has 0 aromatic heterocycles. The van der Waals surface area contributed by atoms with Crippen molar-refractivity contribution in [2.45, 2.75) is 32.1 Å². The van der Waals surface area contributed by atoms with Crippen LogP contribution in [-0.2, 0) is 0 Å². The number of amides is 2. The van der Waals surface area contributed by atoms with Crippen LogP contribution in [0.15, 0.2) is 0 Å². The van der Waals surface area contributed by atoms with Gasteiger partial charge in [0.05, 0.1) is 0 Å². The van der Waals surface area contributed by atoms with Gasteiger partial charge in [0.25, 0.3) is 0 Å². The minimum Gasteiger partial charge on any atom is -0.351 e. The lowest BCUT2D eigenvalue weighted by Gasteiger charge is -2.17. The minimum atomic E-state index is -0.274. The Hall–Kier alpha value is -0.770.